The van der Waals surface area contributed by atoms with Crippen molar-refractivity contribution in [3.63, 3.8) is 0 Å². The molecule has 0 bridgehead atoms. The SMILES string of the molecule is CCCC1CNC(C2CC2)CN1CCCS(C)(=O)=O. The average molecular weight is 288 g/mol. The van der Waals surface area contributed by atoms with Gasteiger partial charge in [0, 0.05) is 31.4 Å². The summed E-state index contributed by atoms with van der Waals surface area (Å²) in [6, 6.07) is 1.24. The van der Waals surface area contributed by atoms with E-state index in [9.17, 15) is 8.42 Å². The van der Waals surface area contributed by atoms with Crippen LogP contribution in [-0.4, -0.2) is 57.0 Å². The third-order valence-electron chi connectivity index (χ3n) is 4.34. The molecule has 0 spiro atoms. The molecular weight excluding hydrogens is 260 g/mol. The Kier molecular flexibility index (Phi) is 5.26. The Labute approximate surface area is 117 Å². The molecule has 2 aliphatic rings. The lowest BCUT2D eigenvalue weighted by atomic mass is 10.0. The van der Waals surface area contributed by atoms with Crippen LogP contribution in [0.4, 0.5) is 0 Å². The summed E-state index contributed by atoms with van der Waals surface area (Å²) in [6.07, 6.45) is 7.25. The van der Waals surface area contributed by atoms with Crippen molar-refractivity contribution in [2.45, 2.75) is 51.1 Å². The van der Waals surface area contributed by atoms with Gasteiger partial charge in [0.15, 0.2) is 0 Å². The average Bonchev–Trinajstić information content (AvgIpc) is 3.13. The molecule has 1 saturated heterocycles. The van der Waals surface area contributed by atoms with E-state index < -0.39 is 9.84 Å². The van der Waals surface area contributed by atoms with Gasteiger partial charge in [-0.3, -0.25) is 4.90 Å². The maximum absolute atomic E-state index is 11.2. The third-order valence-corrected chi connectivity index (χ3v) is 5.37. The van der Waals surface area contributed by atoms with E-state index in [0.717, 1.165) is 32.0 Å². The molecule has 0 aromatic carbocycles. The summed E-state index contributed by atoms with van der Waals surface area (Å²) < 4.78 is 22.5. The minimum absolute atomic E-state index is 0.323. The number of nitrogens with one attached hydrogen (secondary N) is 1. The Bertz CT molecular complexity index is 379. The Morgan fingerprint density at radius 1 is 1.32 bits per heavy atom. The van der Waals surface area contributed by atoms with Crippen LogP contribution in [0.25, 0.3) is 0 Å². The lowest BCUT2D eigenvalue weighted by Crippen LogP contribution is -2.57. The normalized spacial score (nSPS) is 29.6. The van der Waals surface area contributed by atoms with E-state index in [-0.39, 0.29) is 0 Å². The van der Waals surface area contributed by atoms with Gasteiger partial charge in [-0.2, -0.15) is 0 Å². The highest BCUT2D eigenvalue weighted by Gasteiger charge is 2.36. The largest absolute Gasteiger partial charge is 0.311 e. The van der Waals surface area contributed by atoms with Crippen LogP contribution in [0.3, 0.4) is 0 Å². The predicted octanol–water partition coefficient (Wildman–Crippen LogP) is 1.27. The first-order valence-corrected chi connectivity index (χ1v) is 9.71. The zero-order valence-corrected chi connectivity index (χ0v) is 13.1. The molecule has 2 atom stereocenters. The summed E-state index contributed by atoms with van der Waals surface area (Å²) in [5.41, 5.74) is 0. The first kappa shape index (κ1) is 15.3. The summed E-state index contributed by atoms with van der Waals surface area (Å²) in [4.78, 5) is 2.54. The molecule has 1 saturated carbocycles. The van der Waals surface area contributed by atoms with Gasteiger partial charge in [-0.25, -0.2) is 8.42 Å². The van der Waals surface area contributed by atoms with Crippen molar-refractivity contribution in [1.82, 2.24) is 10.2 Å². The van der Waals surface area contributed by atoms with E-state index in [1.807, 2.05) is 0 Å². The van der Waals surface area contributed by atoms with E-state index in [0.29, 0.717) is 17.8 Å². The highest BCUT2D eigenvalue weighted by molar-refractivity contribution is 7.90. The van der Waals surface area contributed by atoms with Gasteiger partial charge in [0.2, 0.25) is 0 Å². The first-order chi connectivity index (χ1) is 8.99. The standard InChI is InChI=1S/C14H28N2O2S/c1-3-5-13-10-15-14(12-6-7-12)11-16(13)8-4-9-19(2,17)18/h12-15H,3-11H2,1-2H3. The summed E-state index contributed by atoms with van der Waals surface area (Å²) in [5.74, 6) is 1.20. The number of rotatable bonds is 7. The predicted molar refractivity (Wildman–Crippen MR) is 79.1 cm³/mol. The van der Waals surface area contributed by atoms with Crippen molar-refractivity contribution < 1.29 is 8.42 Å². The minimum atomic E-state index is -2.81. The number of sulfone groups is 1. The third kappa shape index (κ3) is 5.04. The van der Waals surface area contributed by atoms with E-state index in [2.05, 4.69) is 17.1 Å². The van der Waals surface area contributed by atoms with Crippen molar-refractivity contribution >= 4 is 9.84 Å². The zero-order valence-electron chi connectivity index (χ0n) is 12.3. The highest BCUT2D eigenvalue weighted by atomic mass is 32.2. The summed E-state index contributed by atoms with van der Waals surface area (Å²) in [6.45, 7) is 5.34. The van der Waals surface area contributed by atoms with E-state index in [4.69, 9.17) is 0 Å². The molecule has 2 unspecified atom stereocenters. The van der Waals surface area contributed by atoms with Crippen LogP contribution in [0, 0.1) is 5.92 Å². The van der Waals surface area contributed by atoms with Gasteiger partial charge in [-0.05, 0) is 38.1 Å². The maximum atomic E-state index is 11.2. The fourth-order valence-corrected chi connectivity index (χ4v) is 3.77. The fourth-order valence-electron chi connectivity index (χ4n) is 3.12. The Morgan fingerprint density at radius 2 is 2.05 bits per heavy atom. The van der Waals surface area contributed by atoms with Crippen molar-refractivity contribution in [3.05, 3.63) is 0 Å². The Hall–Kier alpha value is -0.130. The molecule has 0 radical (unpaired) electrons. The van der Waals surface area contributed by atoms with Crippen LogP contribution in [0.5, 0.6) is 0 Å². The van der Waals surface area contributed by atoms with Gasteiger partial charge < -0.3 is 5.32 Å². The van der Waals surface area contributed by atoms with Crippen molar-refractivity contribution in [2.24, 2.45) is 5.92 Å². The quantitative estimate of drug-likeness (QED) is 0.766. The maximum Gasteiger partial charge on any atom is 0.147 e. The molecule has 5 heteroatoms. The van der Waals surface area contributed by atoms with E-state index >= 15 is 0 Å². The molecule has 19 heavy (non-hydrogen) atoms. The van der Waals surface area contributed by atoms with E-state index in [1.165, 1.54) is 31.9 Å². The number of piperazine rings is 1. The minimum Gasteiger partial charge on any atom is -0.311 e. The summed E-state index contributed by atoms with van der Waals surface area (Å²) in [7, 11) is -2.81. The Balaban J connectivity index is 1.83. The molecule has 0 aromatic rings. The molecule has 2 rings (SSSR count). The molecule has 0 amide bonds. The van der Waals surface area contributed by atoms with Gasteiger partial charge in [0.25, 0.3) is 0 Å². The molecule has 4 nitrogen and oxygen atoms in total. The second-order valence-corrected chi connectivity index (χ2v) is 8.53. The Morgan fingerprint density at radius 3 is 2.63 bits per heavy atom. The van der Waals surface area contributed by atoms with Gasteiger partial charge in [0.1, 0.15) is 9.84 Å². The van der Waals surface area contributed by atoms with Crippen molar-refractivity contribution in [2.75, 3.05) is 31.6 Å². The second-order valence-electron chi connectivity index (χ2n) is 6.27. The second kappa shape index (κ2) is 6.55. The molecule has 112 valence electrons. The van der Waals surface area contributed by atoms with Crippen LogP contribution >= 0.6 is 0 Å². The van der Waals surface area contributed by atoms with Crippen LogP contribution in [-0.2, 0) is 9.84 Å². The number of hydrogen-bond acceptors (Lipinski definition) is 4. The van der Waals surface area contributed by atoms with Crippen LogP contribution < -0.4 is 5.32 Å². The van der Waals surface area contributed by atoms with Crippen molar-refractivity contribution in [1.29, 1.82) is 0 Å². The van der Waals surface area contributed by atoms with Gasteiger partial charge in [0.05, 0.1) is 5.75 Å². The molecule has 1 heterocycles. The summed E-state index contributed by atoms with van der Waals surface area (Å²) in [5, 5.41) is 3.69. The highest BCUT2D eigenvalue weighted by Crippen LogP contribution is 2.34. The smallest absolute Gasteiger partial charge is 0.147 e. The zero-order chi connectivity index (χ0) is 13.9. The van der Waals surface area contributed by atoms with Crippen LogP contribution in [0.2, 0.25) is 0 Å². The first-order valence-electron chi connectivity index (χ1n) is 7.64. The van der Waals surface area contributed by atoms with Gasteiger partial charge in [-0.15, -0.1) is 0 Å². The number of hydrogen-bond donors (Lipinski definition) is 1. The molecular formula is C14H28N2O2S. The topological polar surface area (TPSA) is 49.4 Å². The number of nitrogens with zero attached hydrogens (tertiary/aromatic N) is 1. The van der Waals surface area contributed by atoms with Crippen LogP contribution in [0.15, 0.2) is 0 Å². The lowest BCUT2D eigenvalue weighted by molar-refractivity contribution is 0.116. The van der Waals surface area contributed by atoms with E-state index in [1.54, 1.807) is 0 Å². The monoisotopic (exact) mass is 288 g/mol. The molecule has 0 aromatic heterocycles. The van der Waals surface area contributed by atoms with Gasteiger partial charge >= 0.3 is 0 Å². The molecule has 1 N–H and O–H groups in total. The molecule has 1 aliphatic carbocycles. The van der Waals surface area contributed by atoms with Crippen molar-refractivity contribution in [3.8, 4) is 0 Å². The molecule has 2 fully saturated rings. The van der Waals surface area contributed by atoms with Crippen LogP contribution in [0.1, 0.15) is 39.0 Å². The summed E-state index contributed by atoms with van der Waals surface area (Å²) >= 11 is 0. The fraction of sp³-hybridized carbons (Fsp3) is 1.00. The lowest BCUT2D eigenvalue weighted by Gasteiger charge is -2.40. The van der Waals surface area contributed by atoms with Gasteiger partial charge in [-0.1, -0.05) is 13.3 Å². The molecule has 1 aliphatic heterocycles.